The van der Waals surface area contributed by atoms with E-state index in [1.807, 2.05) is 19.9 Å². The first kappa shape index (κ1) is 23.2. The maximum atomic E-state index is 12.9. The molecule has 0 radical (unpaired) electrons. The molecule has 158 valence electrons. The smallest absolute Gasteiger partial charge is 0.263 e. The van der Waals surface area contributed by atoms with Crippen molar-refractivity contribution in [2.24, 2.45) is 5.41 Å². The molecule has 2 aromatic rings. The number of aryl methyl sites for hydroxylation is 1. The molecule has 2 N–H and O–H groups in total. The lowest BCUT2D eigenvalue weighted by atomic mass is 9.81. The standard InChI is InChI=1S/C22H29ClN2O3S/c1-15-9-7-8-10-18(15)25-29(27,28)19-13-16(11-12-17(19)23)20(26)24-22(5,6)14-21(2,3)4/h7-13,25H,14H2,1-6H3,(H,24,26). The predicted molar refractivity (Wildman–Crippen MR) is 119 cm³/mol. The maximum absolute atomic E-state index is 12.9. The van der Waals surface area contributed by atoms with Gasteiger partial charge in [-0.15, -0.1) is 0 Å². The van der Waals surface area contributed by atoms with Crippen molar-refractivity contribution in [2.45, 2.75) is 58.4 Å². The summed E-state index contributed by atoms with van der Waals surface area (Å²) < 4.78 is 28.3. The van der Waals surface area contributed by atoms with Crippen LogP contribution in [0.1, 0.15) is 57.0 Å². The second-order valence-corrected chi connectivity index (χ2v) is 11.2. The minimum absolute atomic E-state index is 0.0305. The molecule has 0 fully saturated rings. The van der Waals surface area contributed by atoms with Crippen molar-refractivity contribution in [3.63, 3.8) is 0 Å². The fraction of sp³-hybridized carbons (Fsp3) is 0.409. The number of benzene rings is 2. The Hall–Kier alpha value is -2.05. The minimum Gasteiger partial charge on any atom is -0.347 e. The average Bonchev–Trinajstić information content (AvgIpc) is 2.54. The van der Waals surface area contributed by atoms with Crippen LogP contribution in [0.25, 0.3) is 0 Å². The number of sulfonamides is 1. The third kappa shape index (κ3) is 6.47. The van der Waals surface area contributed by atoms with Crippen LogP contribution in [0.4, 0.5) is 5.69 Å². The molecule has 0 atom stereocenters. The van der Waals surface area contributed by atoms with Crippen LogP contribution in [0, 0.1) is 12.3 Å². The fourth-order valence-electron chi connectivity index (χ4n) is 3.49. The predicted octanol–water partition coefficient (Wildman–Crippen LogP) is 5.39. The van der Waals surface area contributed by atoms with E-state index in [2.05, 4.69) is 30.8 Å². The van der Waals surface area contributed by atoms with Gasteiger partial charge in [-0.05, 0) is 62.4 Å². The van der Waals surface area contributed by atoms with E-state index in [1.54, 1.807) is 25.1 Å². The summed E-state index contributed by atoms with van der Waals surface area (Å²) in [6, 6.07) is 11.3. The second kappa shape index (κ2) is 8.36. The largest absolute Gasteiger partial charge is 0.347 e. The average molecular weight is 437 g/mol. The molecule has 0 saturated carbocycles. The number of carbonyl (C=O) groups excluding carboxylic acids is 1. The molecule has 5 nitrogen and oxygen atoms in total. The van der Waals surface area contributed by atoms with Gasteiger partial charge in [0.15, 0.2) is 0 Å². The number of amides is 1. The van der Waals surface area contributed by atoms with Crippen LogP contribution in [0.2, 0.25) is 5.02 Å². The number of halogens is 1. The third-order valence-electron chi connectivity index (χ3n) is 4.30. The van der Waals surface area contributed by atoms with Crippen molar-refractivity contribution < 1.29 is 13.2 Å². The second-order valence-electron chi connectivity index (χ2n) is 9.14. The van der Waals surface area contributed by atoms with Gasteiger partial charge in [-0.1, -0.05) is 50.6 Å². The van der Waals surface area contributed by atoms with Crippen molar-refractivity contribution >= 4 is 33.2 Å². The van der Waals surface area contributed by atoms with Crippen LogP contribution in [-0.4, -0.2) is 19.9 Å². The van der Waals surface area contributed by atoms with Gasteiger partial charge in [0.05, 0.1) is 10.7 Å². The third-order valence-corrected chi connectivity index (χ3v) is 6.14. The van der Waals surface area contributed by atoms with E-state index in [1.165, 1.54) is 18.2 Å². The van der Waals surface area contributed by atoms with Crippen LogP contribution >= 0.6 is 11.6 Å². The highest BCUT2D eigenvalue weighted by Crippen LogP contribution is 2.29. The first-order chi connectivity index (χ1) is 13.2. The minimum atomic E-state index is -3.96. The summed E-state index contributed by atoms with van der Waals surface area (Å²) >= 11 is 6.16. The molecule has 0 aliphatic heterocycles. The molecule has 0 aromatic heterocycles. The van der Waals surface area contributed by atoms with E-state index < -0.39 is 15.6 Å². The number of hydrogen-bond acceptors (Lipinski definition) is 3. The van der Waals surface area contributed by atoms with Crippen LogP contribution < -0.4 is 10.0 Å². The van der Waals surface area contributed by atoms with Gasteiger partial charge in [0, 0.05) is 11.1 Å². The first-order valence-corrected chi connectivity index (χ1v) is 11.3. The molecule has 0 spiro atoms. The molecule has 0 saturated heterocycles. The Labute approximate surface area is 178 Å². The zero-order valence-corrected chi connectivity index (χ0v) is 19.3. The number of para-hydroxylation sites is 1. The van der Waals surface area contributed by atoms with Crippen molar-refractivity contribution in [2.75, 3.05) is 4.72 Å². The molecule has 0 aliphatic rings. The Bertz CT molecular complexity index is 1010. The van der Waals surface area contributed by atoms with Gasteiger partial charge in [0.1, 0.15) is 4.90 Å². The van der Waals surface area contributed by atoms with E-state index >= 15 is 0 Å². The first-order valence-electron chi connectivity index (χ1n) is 9.41. The molecular weight excluding hydrogens is 408 g/mol. The van der Waals surface area contributed by atoms with E-state index in [9.17, 15) is 13.2 Å². The monoisotopic (exact) mass is 436 g/mol. The summed E-state index contributed by atoms with van der Waals surface area (Å²) in [4.78, 5) is 12.6. The van der Waals surface area contributed by atoms with Crippen LogP contribution in [0.3, 0.4) is 0 Å². The molecule has 0 bridgehead atoms. The maximum Gasteiger partial charge on any atom is 0.263 e. The van der Waals surface area contributed by atoms with Gasteiger partial charge < -0.3 is 5.32 Å². The van der Waals surface area contributed by atoms with Crippen molar-refractivity contribution in [3.05, 3.63) is 58.6 Å². The molecule has 2 aromatic carbocycles. The van der Waals surface area contributed by atoms with Crippen molar-refractivity contribution in [3.8, 4) is 0 Å². The lowest BCUT2D eigenvalue weighted by molar-refractivity contribution is 0.0891. The number of rotatable bonds is 6. The summed E-state index contributed by atoms with van der Waals surface area (Å²) in [5.74, 6) is -0.344. The van der Waals surface area contributed by atoms with Gasteiger partial charge in [-0.2, -0.15) is 0 Å². The molecule has 1 amide bonds. The molecule has 29 heavy (non-hydrogen) atoms. The van der Waals surface area contributed by atoms with E-state index in [0.29, 0.717) is 5.69 Å². The number of hydrogen-bond donors (Lipinski definition) is 2. The summed E-state index contributed by atoms with van der Waals surface area (Å²) in [5.41, 5.74) is 1.06. The number of anilines is 1. The summed E-state index contributed by atoms with van der Waals surface area (Å²) in [6.07, 6.45) is 0.763. The van der Waals surface area contributed by atoms with E-state index in [4.69, 9.17) is 11.6 Å². The summed E-state index contributed by atoms with van der Waals surface area (Å²) in [7, 11) is -3.96. The summed E-state index contributed by atoms with van der Waals surface area (Å²) in [6.45, 7) is 12.0. The molecule has 7 heteroatoms. The quantitative estimate of drug-likeness (QED) is 0.637. The lowest BCUT2D eigenvalue weighted by Crippen LogP contribution is -2.45. The van der Waals surface area contributed by atoms with E-state index in [0.717, 1.165) is 12.0 Å². The molecular formula is C22H29ClN2O3S. The Morgan fingerprint density at radius 3 is 2.24 bits per heavy atom. The van der Waals surface area contributed by atoms with Gasteiger partial charge in [-0.25, -0.2) is 8.42 Å². The molecule has 0 unspecified atom stereocenters. The van der Waals surface area contributed by atoms with E-state index in [-0.39, 0.29) is 26.8 Å². The zero-order chi connectivity index (χ0) is 22.0. The van der Waals surface area contributed by atoms with Crippen LogP contribution in [0.5, 0.6) is 0 Å². The SMILES string of the molecule is Cc1ccccc1NS(=O)(=O)c1cc(C(=O)NC(C)(C)CC(C)(C)C)ccc1Cl. The number of nitrogens with one attached hydrogen (secondary N) is 2. The zero-order valence-electron chi connectivity index (χ0n) is 17.8. The Morgan fingerprint density at radius 1 is 1.03 bits per heavy atom. The Morgan fingerprint density at radius 2 is 1.66 bits per heavy atom. The van der Waals surface area contributed by atoms with Gasteiger partial charge in [0.2, 0.25) is 0 Å². The Balaban J connectivity index is 2.32. The highest BCUT2D eigenvalue weighted by Gasteiger charge is 2.28. The van der Waals surface area contributed by atoms with Crippen molar-refractivity contribution in [1.29, 1.82) is 0 Å². The highest BCUT2D eigenvalue weighted by molar-refractivity contribution is 7.92. The molecule has 0 heterocycles. The molecule has 0 aliphatic carbocycles. The molecule has 2 rings (SSSR count). The van der Waals surface area contributed by atoms with Crippen LogP contribution in [-0.2, 0) is 10.0 Å². The fourth-order valence-corrected chi connectivity index (χ4v) is 5.14. The van der Waals surface area contributed by atoms with Gasteiger partial charge in [-0.3, -0.25) is 9.52 Å². The number of carbonyl (C=O) groups is 1. The highest BCUT2D eigenvalue weighted by atomic mass is 35.5. The summed E-state index contributed by atoms with van der Waals surface area (Å²) in [5, 5.41) is 3.04. The normalized spacial score (nSPS) is 12.5. The van der Waals surface area contributed by atoms with Gasteiger partial charge >= 0.3 is 0 Å². The lowest BCUT2D eigenvalue weighted by Gasteiger charge is -2.33. The topological polar surface area (TPSA) is 75.3 Å². The Kier molecular flexibility index (Phi) is 6.70. The van der Waals surface area contributed by atoms with Gasteiger partial charge in [0.25, 0.3) is 15.9 Å². The van der Waals surface area contributed by atoms with Crippen molar-refractivity contribution in [1.82, 2.24) is 5.32 Å². The van der Waals surface area contributed by atoms with Crippen LogP contribution in [0.15, 0.2) is 47.4 Å².